The number of aryl methyl sites for hydroxylation is 1. The fourth-order valence-electron chi connectivity index (χ4n) is 2.23. The Morgan fingerprint density at radius 2 is 2.44 bits per heavy atom. The molecule has 1 atom stereocenters. The summed E-state index contributed by atoms with van der Waals surface area (Å²) in [6, 6.07) is 0.717. The summed E-state index contributed by atoms with van der Waals surface area (Å²) in [4.78, 5) is 6.93. The number of hydrogen-bond donors (Lipinski definition) is 1. The molecule has 0 bridgehead atoms. The molecule has 90 valence electrons. The van der Waals surface area contributed by atoms with E-state index in [2.05, 4.69) is 34.6 Å². The summed E-state index contributed by atoms with van der Waals surface area (Å²) in [7, 11) is 2.24. The zero-order valence-corrected chi connectivity index (χ0v) is 11.0. The van der Waals surface area contributed by atoms with Crippen molar-refractivity contribution in [3.8, 4) is 0 Å². The molecule has 1 aliphatic heterocycles. The van der Waals surface area contributed by atoms with Gasteiger partial charge < -0.3 is 10.2 Å². The first-order chi connectivity index (χ1) is 7.75. The lowest BCUT2D eigenvalue weighted by atomic mass is 10.0. The predicted octanol–water partition coefficient (Wildman–Crippen LogP) is 2.03. The zero-order chi connectivity index (χ0) is 11.4. The fraction of sp³-hybridized carbons (Fsp3) is 0.750. The monoisotopic (exact) mass is 239 g/mol. The molecule has 0 radical (unpaired) electrons. The van der Waals surface area contributed by atoms with Crippen molar-refractivity contribution in [2.24, 2.45) is 0 Å². The summed E-state index contributed by atoms with van der Waals surface area (Å²) in [6.45, 7) is 5.32. The van der Waals surface area contributed by atoms with E-state index in [-0.39, 0.29) is 0 Å². The number of rotatable bonds is 4. The number of aromatic nitrogens is 1. The predicted molar refractivity (Wildman–Crippen MR) is 68.8 cm³/mol. The highest BCUT2D eigenvalue weighted by atomic mass is 32.1. The third kappa shape index (κ3) is 3.27. The molecule has 1 saturated heterocycles. The minimum atomic E-state index is 0.717. The van der Waals surface area contributed by atoms with Gasteiger partial charge in [0.25, 0.3) is 0 Å². The molecule has 1 aliphatic rings. The minimum absolute atomic E-state index is 0.717. The molecule has 4 heteroatoms. The Bertz CT molecular complexity index is 324. The number of likely N-dealkylation sites (tertiary alicyclic amines) is 1. The molecule has 0 aromatic carbocycles. The second-order valence-corrected chi connectivity index (χ2v) is 5.59. The van der Waals surface area contributed by atoms with Crippen LogP contribution in [0.2, 0.25) is 0 Å². The van der Waals surface area contributed by atoms with Crippen molar-refractivity contribution in [3.05, 3.63) is 16.1 Å². The summed E-state index contributed by atoms with van der Waals surface area (Å²) in [5.74, 6) is 0. The average molecular weight is 239 g/mol. The summed E-state index contributed by atoms with van der Waals surface area (Å²) in [5.41, 5.74) is 1.14. The molecule has 0 saturated carbocycles. The van der Waals surface area contributed by atoms with Gasteiger partial charge in [-0.15, -0.1) is 11.3 Å². The van der Waals surface area contributed by atoms with Crippen molar-refractivity contribution in [1.29, 1.82) is 0 Å². The number of likely N-dealkylation sites (N-methyl/N-ethyl adjacent to an activating group) is 1. The van der Waals surface area contributed by atoms with Gasteiger partial charge in [-0.05, 0) is 33.4 Å². The fourth-order valence-corrected chi connectivity index (χ4v) is 2.97. The smallest absolute Gasteiger partial charge is 0.107 e. The Hall–Kier alpha value is -0.450. The molecule has 1 N–H and O–H groups in total. The normalized spacial score (nSPS) is 22.5. The van der Waals surface area contributed by atoms with Gasteiger partial charge in [0.1, 0.15) is 5.01 Å². The summed E-state index contributed by atoms with van der Waals surface area (Å²) >= 11 is 1.75. The van der Waals surface area contributed by atoms with Gasteiger partial charge in [0, 0.05) is 30.2 Å². The standard InChI is InChI=1S/C12H21N3S/c1-10-9-16-12(14-10)8-13-7-11-5-3-4-6-15(11)2/h9,11,13H,3-8H2,1-2H3. The molecule has 2 rings (SSSR count). The highest BCUT2D eigenvalue weighted by molar-refractivity contribution is 7.09. The summed E-state index contributed by atoms with van der Waals surface area (Å²) < 4.78 is 0. The maximum atomic E-state index is 4.45. The van der Waals surface area contributed by atoms with E-state index in [0.29, 0.717) is 0 Å². The van der Waals surface area contributed by atoms with Crippen molar-refractivity contribution in [1.82, 2.24) is 15.2 Å². The van der Waals surface area contributed by atoms with Crippen molar-refractivity contribution >= 4 is 11.3 Å². The van der Waals surface area contributed by atoms with Gasteiger partial charge in [-0.1, -0.05) is 6.42 Å². The molecule has 16 heavy (non-hydrogen) atoms. The quantitative estimate of drug-likeness (QED) is 0.871. The molecule has 2 heterocycles. The SMILES string of the molecule is Cc1csc(CNCC2CCCCN2C)n1. The van der Waals surface area contributed by atoms with Crippen LogP contribution >= 0.6 is 11.3 Å². The van der Waals surface area contributed by atoms with Crippen molar-refractivity contribution in [3.63, 3.8) is 0 Å². The van der Waals surface area contributed by atoms with Gasteiger partial charge in [0.05, 0.1) is 0 Å². The Balaban J connectivity index is 1.71. The lowest BCUT2D eigenvalue weighted by molar-refractivity contribution is 0.181. The molecule has 3 nitrogen and oxygen atoms in total. The number of nitrogens with one attached hydrogen (secondary N) is 1. The highest BCUT2D eigenvalue weighted by Gasteiger charge is 2.17. The molecule has 0 amide bonds. The van der Waals surface area contributed by atoms with E-state index in [9.17, 15) is 0 Å². The van der Waals surface area contributed by atoms with E-state index in [1.54, 1.807) is 11.3 Å². The third-order valence-electron chi connectivity index (χ3n) is 3.24. The summed E-state index contributed by atoms with van der Waals surface area (Å²) in [6.07, 6.45) is 4.08. The Morgan fingerprint density at radius 3 is 3.12 bits per heavy atom. The highest BCUT2D eigenvalue weighted by Crippen LogP contribution is 2.14. The number of nitrogens with zero attached hydrogens (tertiary/aromatic N) is 2. The van der Waals surface area contributed by atoms with E-state index < -0.39 is 0 Å². The molecule has 0 spiro atoms. The Morgan fingerprint density at radius 1 is 1.56 bits per heavy atom. The van der Waals surface area contributed by atoms with Crippen LogP contribution in [0.15, 0.2) is 5.38 Å². The van der Waals surface area contributed by atoms with Crippen LogP contribution in [0, 0.1) is 6.92 Å². The van der Waals surface area contributed by atoms with E-state index in [0.717, 1.165) is 24.8 Å². The molecular weight excluding hydrogens is 218 g/mol. The number of thiazole rings is 1. The van der Waals surface area contributed by atoms with E-state index in [1.165, 1.54) is 30.8 Å². The first-order valence-corrected chi connectivity index (χ1v) is 6.95. The van der Waals surface area contributed by atoms with Crippen molar-refractivity contribution < 1.29 is 0 Å². The van der Waals surface area contributed by atoms with Crippen LogP contribution in [-0.4, -0.2) is 36.1 Å². The number of piperidine rings is 1. The van der Waals surface area contributed by atoms with E-state index in [4.69, 9.17) is 0 Å². The second-order valence-electron chi connectivity index (χ2n) is 4.64. The zero-order valence-electron chi connectivity index (χ0n) is 10.2. The van der Waals surface area contributed by atoms with Crippen LogP contribution in [0.25, 0.3) is 0 Å². The molecule has 0 aliphatic carbocycles. The van der Waals surface area contributed by atoms with Crippen LogP contribution in [0.1, 0.15) is 30.0 Å². The van der Waals surface area contributed by atoms with Gasteiger partial charge in [-0.25, -0.2) is 4.98 Å². The molecular formula is C12H21N3S. The van der Waals surface area contributed by atoms with Crippen LogP contribution in [-0.2, 0) is 6.54 Å². The van der Waals surface area contributed by atoms with Crippen LogP contribution in [0.3, 0.4) is 0 Å². The van der Waals surface area contributed by atoms with E-state index in [1.807, 2.05) is 0 Å². The van der Waals surface area contributed by atoms with Gasteiger partial charge in [0.2, 0.25) is 0 Å². The van der Waals surface area contributed by atoms with Gasteiger partial charge in [0.15, 0.2) is 0 Å². The number of hydrogen-bond acceptors (Lipinski definition) is 4. The largest absolute Gasteiger partial charge is 0.309 e. The molecule has 1 aromatic heterocycles. The van der Waals surface area contributed by atoms with Crippen molar-refractivity contribution in [2.45, 2.75) is 38.8 Å². The Labute approximate surface area is 102 Å². The van der Waals surface area contributed by atoms with Crippen LogP contribution < -0.4 is 5.32 Å². The topological polar surface area (TPSA) is 28.2 Å². The molecule has 1 aromatic rings. The van der Waals surface area contributed by atoms with E-state index >= 15 is 0 Å². The van der Waals surface area contributed by atoms with Crippen molar-refractivity contribution in [2.75, 3.05) is 20.1 Å². The molecule has 1 unspecified atom stereocenters. The molecule has 1 fully saturated rings. The van der Waals surface area contributed by atoms with Gasteiger partial charge in [-0.3, -0.25) is 0 Å². The Kier molecular flexibility index (Phi) is 4.32. The lowest BCUT2D eigenvalue weighted by Crippen LogP contribution is -2.42. The van der Waals surface area contributed by atoms with Crippen LogP contribution in [0.5, 0.6) is 0 Å². The first kappa shape index (κ1) is 12.0. The first-order valence-electron chi connectivity index (χ1n) is 6.07. The second kappa shape index (κ2) is 5.75. The maximum absolute atomic E-state index is 4.45. The minimum Gasteiger partial charge on any atom is -0.309 e. The average Bonchev–Trinajstić information content (AvgIpc) is 2.67. The summed E-state index contributed by atoms with van der Waals surface area (Å²) in [5, 5.41) is 6.84. The van der Waals surface area contributed by atoms with Crippen LogP contribution in [0.4, 0.5) is 0 Å². The maximum Gasteiger partial charge on any atom is 0.107 e. The van der Waals surface area contributed by atoms with Gasteiger partial charge >= 0.3 is 0 Å². The third-order valence-corrected chi connectivity index (χ3v) is 4.21. The lowest BCUT2D eigenvalue weighted by Gasteiger charge is -2.32. The van der Waals surface area contributed by atoms with Gasteiger partial charge in [-0.2, -0.15) is 0 Å².